The fourth-order valence-electron chi connectivity index (χ4n) is 4.90. The van der Waals surface area contributed by atoms with Gasteiger partial charge in [-0.3, -0.25) is 9.36 Å². The summed E-state index contributed by atoms with van der Waals surface area (Å²) in [7, 11) is 3.29. The molecule has 37 heavy (non-hydrogen) atoms. The summed E-state index contributed by atoms with van der Waals surface area (Å²) in [5.74, 6) is 1.30. The molecular weight excluding hydrogens is 466 g/mol. The van der Waals surface area contributed by atoms with E-state index in [0.29, 0.717) is 12.3 Å². The molecule has 7 nitrogen and oxygen atoms in total. The fraction of sp³-hybridized carbons (Fsp3) is 0.267. The smallest absolute Gasteiger partial charge is 0.270 e. The summed E-state index contributed by atoms with van der Waals surface area (Å²) >= 11 is 0. The molecule has 0 saturated heterocycles. The molecule has 1 aromatic heterocycles. The van der Waals surface area contributed by atoms with E-state index in [9.17, 15) is 4.79 Å². The van der Waals surface area contributed by atoms with Crippen molar-refractivity contribution >= 4 is 5.91 Å². The molecule has 7 heteroatoms. The lowest BCUT2D eigenvalue weighted by atomic mass is 10.0. The third-order valence-corrected chi connectivity index (χ3v) is 6.81. The Morgan fingerprint density at radius 2 is 1.68 bits per heavy atom. The third-order valence-electron chi connectivity index (χ3n) is 6.81. The minimum absolute atomic E-state index is 0.00403. The van der Waals surface area contributed by atoms with Crippen LogP contribution in [0.2, 0.25) is 0 Å². The molecule has 5 rings (SSSR count). The van der Waals surface area contributed by atoms with E-state index in [1.54, 1.807) is 31.3 Å². The van der Waals surface area contributed by atoms with Crippen molar-refractivity contribution in [3.63, 3.8) is 0 Å². The highest BCUT2D eigenvalue weighted by Gasteiger charge is 2.30. The number of imidazole rings is 1. The monoisotopic (exact) mass is 497 g/mol. The highest BCUT2D eigenvalue weighted by Crippen LogP contribution is 2.38. The lowest BCUT2D eigenvalue weighted by Crippen LogP contribution is -2.41. The van der Waals surface area contributed by atoms with E-state index >= 15 is 0 Å². The van der Waals surface area contributed by atoms with E-state index in [1.165, 1.54) is 0 Å². The van der Waals surface area contributed by atoms with Crippen molar-refractivity contribution in [2.45, 2.75) is 38.0 Å². The molecule has 0 unspecified atom stereocenters. The molecule has 1 amide bonds. The van der Waals surface area contributed by atoms with Gasteiger partial charge in [-0.15, -0.1) is 0 Å². The quantitative estimate of drug-likeness (QED) is 0.334. The zero-order valence-electron chi connectivity index (χ0n) is 21.1. The Kier molecular flexibility index (Phi) is 7.51. The van der Waals surface area contributed by atoms with Crippen molar-refractivity contribution in [2.75, 3.05) is 14.2 Å². The van der Waals surface area contributed by atoms with Crippen LogP contribution in [0.5, 0.6) is 11.5 Å². The molecule has 3 aromatic carbocycles. The van der Waals surface area contributed by atoms with E-state index in [1.807, 2.05) is 60.7 Å². The second-order valence-corrected chi connectivity index (χ2v) is 9.08. The molecule has 1 aliphatic carbocycles. The molecule has 4 aromatic rings. The van der Waals surface area contributed by atoms with Crippen LogP contribution in [0.15, 0.2) is 85.3 Å². The number of ether oxygens (including phenoxy) is 3. The van der Waals surface area contributed by atoms with Crippen molar-refractivity contribution in [3.8, 4) is 28.3 Å². The van der Waals surface area contributed by atoms with Gasteiger partial charge in [0, 0.05) is 5.69 Å². The predicted octanol–water partition coefficient (Wildman–Crippen LogP) is 5.42. The topological polar surface area (TPSA) is 74.6 Å². The summed E-state index contributed by atoms with van der Waals surface area (Å²) in [6.07, 6.45) is 6.11. The average molecular weight is 498 g/mol. The number of aromatic nitrogens is 2. The lowest BCUT2D eigenvalue weighted by molar-refractivity contribution is 0.0271. The minimum Gasteiger partial charge on any atom is -0.496 e. The molecule has 0 aliphatic heterocycles. The van der Waals surface area contributed by atoms with Crippen LogP contribution in [0.1, 0.15) is 35.3 Å². The van der Waals surface area contributed by atoms with E-state index < -0.39 is 0 Å². The maximum Gasteiger partial charge on any atom is 0.270 e. The van der Waals surface area contributed by atoms with Gasteiger partial charge in [-0.1, -0.05) is 48.5 Å². The van der Waals surface area contributed by atoms with Crippen LogP contribution >= 0.6 is 0 Å². The van der Waals surface area contributed by atoms with Crippen LogP contribution in [0.4, 0.5) is 0 Å². The zero-order chi connectivity index (χ0) is 25.6. The van der Waals surface area contributed by atoms with Crippen molar-refractivity contribution in [2.24, 2.45) is 0 Å². The first kappa shape index (κ1) is 24.6. The van der Waals surface area contributed by atoms with Gasteiger partial charge in [0.25, 0.3) is 5.91 Å². The van der Waals surface area contributed by atoms with Crippen molar-refractivity contribution in [1.82, 2.24) is 14.9 Å². The van der Waals surface area contributed by atoms with E-state index in [2.05, 4.69) is 22.4 Å². The van der Waals surface area contributed by atoms with Crippen LogP contribution in [-0.2, 0) is 11.3 Å². The number of methoxy groups -OCH3 is 2. The van der Waals surface area contributed by atoms with Crippen LogP contribution in [0.3, 0.4) is 0 Å². The van der Waals surface area contributed by atoms with Gasteiger partial charge in [-0.25, -0.2) is 4.98 Å². The summed E-state index contributed by atoms with van der Waals surface area (Å²) in [4.78, 5) is 17.5. The largest absolute Gasteiger partial charge is 0.496 e. The number of benzene rings is 3. The molecule has 190 valence electrons. The van der Waals surface area contributed by atoms with Crippen LogP contribution < -0.4 is 14.8 Å². The number of hydrogen-bond donors (Lipinski definition) is 1. The molecule has 0 spiro atoms. The number of carbonyl (C=O) groups is 1. The van der Waals surface area contributed by atoms with Crippen molar-refractivity contribution in [1.29, 1.82) is 0 Å². The first-order valence-corrected chi connectivity index (χ1v) is 12.5. The summed E-state index contributed by atoms with van der Waals surface area (Å²) in [5, 5.41) is 3.19. The Morgan fingerprint density at radius 1 is 0.946 bits per heavy atom. The van der Waals surface area contributed by atoms with E-state index in [4.69, 9.17) is 14.2 Å². The first-order valence-electron chi connectivity index (χ1n) is 12.5. The molecule has 1 N–H and O–H groups in total. The average Bonchev–Trinajstić information content (AvgIpc) is 3.62. The third kappa shape index (κ3) is 5.37. The zero-order valence-corrected chi connectivity index (χ0v) is 21.1. The summed E-state index contributed by atoms with van der Waals surface area (Å²) in [6, 6.07) is 23.7. The van der Waals surface area contributed by atoms with Gasteiger partial charge in [-0.05, 0) is 54.7 Å². The lowest BCUT2D eigenvalue weighted by Gasteiger charge is -2.22. The summed E-state index contributed by atoms with van der Waals surface area (Å²) < 4.78 is 19.1. The summed E-state index contributed by atoms with van der Waals surface area (Å²) in [5.41, 5.74) is 4.28. The molecule has 1 saturated carbocycles. The second-order valence-electron chi connectivity index (χ2n) is 9.08. The van der Waals surface area contributed by atoms with Gasteiger partial charge in [0.1, 0.15) is 17.2 Å². The number of amides is 1. The molecule has 1 fully saturated rings. The van der Waals surface area contributed by atoms with Gasteiger partial charge in [0.05, 0.1) is 51.1 Å². The van der Waals surface area contributed by atoms with Crippen molar-refractivity contribution in [3.05, 3.63) is 96.6 Å². The first-order chi connectivity index (χ1) is 18.2. The van der Waals surface area contributed by atoms with E-state index in [-0.39, 0.29) is 18.1 Å². The molecule has 0 bridgehead atoms. The second kappa shape index (κ2) is 11.3. The predicted molar refractivity (Wildman–Crippen MR) is 142 cm³/mol. The number of hydrogen-bond acceptors (Lipinski definition) is 5. The number of carbonyl (C=O) groups excluding carboxylic acids is 1. The van der Waals surface area contributed by atoms with Crippen molar-refractivity contribution < 1.29 is 19.0 Å². The van der Waals surface area contributed by atoms with Gasteiger partial charge in [0.15, 0.2) is 0 Å². The SMILES string of the molecule is COc1cccc(OC)c1-c1ccc(-n2cncc2C(=O)N[C@@H]2CCC[C@H]2OCc2ccccc2)cc1. The summed E-state index contributed by atoms with van der Waals surface area (Å²) in [6.45, 7) is 0.541. The highest BCUT2D eigenvalue weighted by atomic mass is 16.5. The number of nitrogens with zero attached hydrogens (tertiary/aromatic N) is 2. The van der Waals surface area contributed by atoms with Gasteiger partial charge in [-0.2, -0.15) is 0 Å². The molecular formula is C30H31N3O4. The Hall–Kier alpha value is -4.10. The Bertz CT molecular complexity index is 1310. The highest BCUT2D eigenvalue weighted by molar-refractivity contribution is 5.93. The van der Waals surface area contributed by atoms with Gasteiger partial charge < -0.3 is 19.5 Å². The minimum atomic E-state index is -0.159. The molecule has 1 aliphatic rings. The molecule has 1 heterocycles. The maximum atomic E-state index is 13.3. The maximum absolute atomic E-state index is 13.3. The van der Waals surface area contributed by atoms with Gasteiger partial charge >= 0.3 is 0 Å². The Morgan fingerprint density at radius 3 is 2.38 bits per heavy atom. The van der Waals surface area contributed by atoms with Crippen LogP contribution in [-0.4, -0.2) is 41.8 Å². The van der Waals surface area contributed by atoms with E-state index in [0.717, 1.165) is 53.1 Å². The molecule has 0 radical (unpaired) electrons. The fourth-order valence-corrected chi connectivity index (χ4v) is 4.90. The number of rotatable bonds is 9. The standard InChI is InChI=1S/C30H31N3O4/c1-35-27-12-7-13-28(36-2)29(27)22-14-16-23(17-15-22)33-20-31-18-25(33)30(34)32-24-10-6-11-26(24)37-19-21-8-4-3-5-9-21/h3-5,7-9,12-18,20,24,26H,6,10-11,19H2,1-2H3,(H,32,34)/t24-,26-/m1/s1. The molecule has 2 atom stereocenters. The Labute approximate surface area is 217 Å². The van der Waals surface area contributed by atoms with Crippen LogP contribution in [0.25, 0.3) is 16.8 Å². The number of nitrogens with one attached hydrogen (secondary N) is 1. The normalized spacial score (nSPS) is 16.9. The van der Waals surface area contributed by atoms with Crippen LogP contribution in [0, 0.1) is 0 Å². The van der Waals surface area contributed by atoms with Gasteiger partial charge in [0.2, 0.25) is 0 Å². The Balaban J connectivity index is 1.30.